The summed E-state index contributed by atoms with van der Waals surface area (Å²) in [6.07, 6.45) is 1.74. The van der Waals surface area contributed by atoms with Gasteiger partial charge >= 0.3 is 0 Å². The molecule has 3 rings (SSSR count). The number of methoxy groups -OCH3 is 2. The van der Waals surface area contributed by atoms with E-state index >= 15 is 0 Å². The van der Waals surface area contributed by atoms with Crippen molar-refractivity contribution in [2.75, 3.05) is 40.5 Å². The molecular formula is C24H33FIN3O3. The SMILES string of the molecule is CCNC(=NCc1ccc(OC)cc1OC)NCC1(c2ccc(F)cc2)CCOCC1.I. The number of hydrogen-bond acceptors (Lipinski definition) is 4. The van der Waals surface area contributed by atoms with Crippen molar-refractivity contribution < 1.29 is 18.6 Å². The van der Waals surface area contributed by atoms with Gasteiger partial charge in [0.25, 0.3) is 0 Å². The van der Waals surface area contributed by atoms with Crippen LogP contribution in [-0.2, 0) is 16.7 Å². The molecule has 8 heteroatoms. The van der Waals surface area contributed by atoms with Crippen molar-refractivity contribution >= 4 is 29.9 Å². The maximum absolute atomic E-state index is 13.5. The highest BCUT2D eigenvalue weighted by Gasteiger charge is 2.34. The molecule has 0 unspecified atom stereocenters. The summed E-state index contributed by atoms with van der Waals surface area (Å²) in [6, 6.07) is 12.5. The molecule has 0 atom stereocenters. The summed E-state index contributed by atoms with van der Waals surface area (Å²) in [7, 11) is 3.27. The molecule has 1 aliphatic heterocycles. The van der Waals surface area contributed by atoms with E-state index < -0.39 is 0 Å². The molecule has 32 heavy (non-hydrogen) atoms. The average molecular weight is 557 g/mol. The molecule has 2 aromatic rings. The summed E-state index contributed by atoms with van der Waals surface area (Å²) in [5, 5.41) is 6.81. The first-order chi connectivity index (χ1) is 15.1. The van der Waals surface area contributed by atoms with Gasteiger partial charge in [-0.05, 0) is 49.6 Å². The zero-order chi connectivity index (χ0) is 22.1. The van der Waals surface area contributed by atoms with E-state index in [0.29, 0.717) is 26.3 Å². The molecule has 1 fully saturated rings. The summed E-state index contributed by atoms with van der Waals surface area (Å²) in [5.74, 6) is 2.00. The standard InChI is InChI=1S/C24H32FN3O3.HI/c1-4-26-23(27-16-18-5-10-21(29-2)15-22(18)30-3)28-17-24(11-13-31-14-12-24)19-6-8-20(25)9-7-19;/h5-10,15H,4,11-14,16-17H2,1-3H3,(H2,26,27,28);1H. The molecule has 1 heterocycles. The van der Waals surface area contributed by atoms with Gasteiger partial charge in [-0.3, -0.25) is 0 Å². The van der Waals surface area contributed by atoms with Crippen molar-refractivity contribution in [1.29, 1.82) is 0 Å². The number of benzene rings is 2. The summed E-state index contributed by atoms with van der Waals surface area (Å²) in [5.41, 5.74) is 1.97. The molecule has 0 amide bonds. The molecule has 6 nitrogen and oxygen atoms in total. The van der Waals surface area contributed by atoms with Crippen LogP contribution in [0.2, 0.25) is 0 Å². The maximum Gasteiger partial charge on any atom is 0.191 e. The van der Waals surface area contributed by atoms with Crippen LogP contribution < -0.4 is 20.1 Å². The lowest BCUT2D eigenvalue weighted by Gasteiger charge is -2.38. The summed E-state index contributed by atoms with van der Waals surface area (Å²) in [4.78, 5) is 4.75. The zero-order valence-corrected chi connectivity index (χ0v) is 21.3. The van der Waals surface area contributed by atoms with E-state index in [4.69, 9.17) is 19.2 Å². The van der Waals surface area contributed by atoms with Gasteiger partial charge in [-0.15, -0.1) is 24.0 Å². The van der Waals surface area contributed by atoms with Crippen LogP contribution in [0.5, 0.6) is 11.5 Å². The average Bonchev–Trinajstić information content (AvgIpc) is 2.81. The highest BCUT2D eigenvalue weighted by molar-refractivity contribution is 14.0. The van der Waals surface area contributed by atoms with Crippen LogP contribution in [0.15, 0.2) is 47.5 Å². The Morgan fingerprint density at radius 3 is 2.41 bits per heavy atom. The van der Waals surface area contributed by atoms with Crippen molar-refractivity contribution in [2.45, 2.75) is 31.7 Å². The van der Waals surface area contributed by atoms with Crippen molar-refractivity contribution in [1.82, 2.24) is 10.6 Å². The number of ether oxygens (including phenoxy) is 3. The number of hydrogen-bond donors (Lipinski definition) is 2. The number of halogens is 2. The number of rotatable bonds is 8. The molecule has 0 bridgehead atoms. The second kappa shape index (κ2) is 12.8. The van der Waals surface area contributed by atoms with E-state index in [-0.39, 0.29) is 35.2 Å². The Balaban J connectivity index is 0.00000363. The fourth-order valence-electron chi connectivity index (χ4n) is 3.87. The van der Waals surface area contributed by atoms with Crippen LogP contribution in [-0.4, -0.2) is 46.5 Å². The van der Waals surface area contributed by atoms with Crippen molar-refractivity contribution in [3.05, 3.63) is 59.4 Å². The van der Waals surface area contributed by atoms with Crippen LogP contribution in [0.25, 0.3) is 0 Å². The van der Waals surface area contributed by atoms with Gasteiger partial charge in [-0.2, -0.15) is 0 Å². The van der Waals surface area contributed by atoms with Crippen LogP contribution in [0.1, 0.15) is 30.9 Å². The molecule has 1 aliphatic rings. The van der Waals surface area contributed by atoms with Gasteiger partial charge < -0.3 is 24.8 Å². The van der Waals surface area contributed by atoms with Crippen LogP contribution in [0, 0.1) is 5.82 Å². The second-order valence-corrected chi connectivity index (χ2v) is 7.63. The number of guanidine groups is 1. The molecular weight excluding hydrogens is 524 g/mol. The first-order valence-electron chi connectivity index (χ1n) is 10.7. The third-order valence-corrected chi connectivity index (χ3v) is 5.75. The number of aliphatic imine (C=N–C) groups is 1. The predicted molar refractivity (Wildman–Crippen MR) is 136 cm³/mol. The minimum absolute atomic E-state index is 0. The number of nitrogens with zero attached hydrogens (tertiary/aromatic N) is 1. The Morgan fingerprint density at radius 2 is 1.78 bits per heavy atom. The van der Waals surface area contributed by atoms with Gasteiger partial charge in [0.15, 0.2) is 5.96 Å². The molecule has 1 saturated heterocycles. The predicted octanol–water partition coefficient (Wildman–Crippen LogP) is 4.26. The Hall–Kier alpha value is -2.07. The third-order valence-electron chi connectivity index (χ3n) is 5.75. The van der Waals surface area contributed by atoms with Crippen molar-refractivity contribution in [3.8, 4) is 11.5 Å². The molecule has 0 radical (unpaired) electrons. The van der Waals surface area contributed by atoms with Crippen LogP contribution in [0.4, 0.5) is 4.39 Å². The minimum Gasteiger partial charge on any atom is -0.497 e. The lowest BCUT2D eigenvalue weighted by Crippen LogP contribution is -2.48. The summed E-state index contributed by atoms with van der Waals surface area (Å²) < 4.78 is 29.8. The topological polar surface area (TPSA) is 64.1 Å². The quantitative estimate of drug-likeness (QED) is 0.289. The molecule has 2 N–H and O–H groups in total. The fourth-order valence-corrected chi connectivity index (χ4v) is 3.87. The first kappa shape index (κ1) is 26.2. The normalized spacial score (nSPS) is 15.4. The fraction of sp³-hybridized carbons (Fsp3) is 0.458. The molecule has 176 valence electrons. The molecule has 2 aromatic carbocycles. The lowest BCUT2D eigenvalue weighted by molar-refractivity contribution is 0.0513. The monoisotopic (exact) mass is 557 g/mol. The molecule has 0 aliphatic carbocycles. The van der Waals surface area contributed by atoms with Gasteiger partial charge in [-0.25, -0.2) is 9.38 Å². The Morgan fingerprint density at radius 1 is 1.06 bits per heavy atom. The largest absolute Gasteiger partial charge is 0.497 e. The van der Waals surface area contributed by atoms with Gasteiger partial charge in [0.05, 0.1) is 20.8 Å². The third kappa shape index (κ3) is 6.71. The van der Waals surface area contributed by atoms with E-state index in [9.17, 15) is 4.39 Å². The highest BCUT2D eigenvalue weighted by atomic mass is 127. The van der Waals surface area contributed by atoms with E-state index in [2.05, 4.69) is 10.6 Å². The molecule has 0 aromatic heterocycles. The van der Waals surface area contributed by atoms with Crippen LogP contribution in [0.3, 0.4) is 0 Å². The summed E-state index contributed by atoms with van der Waals surface area (Å²) >= 11 is 0. The number of nitrogens with one attached hydrogen (secondary N) is 2. The van der Waals surface area contributed by atoms with Crippen LogP contribution >= 0.6 is 24.0 Å². The van der Waals surface area contributed by atoms with E-state index in [1.807, 2.05) is 37.3 Å². The van der Waals surface area contributed by atoms with E-state index in [1.165, 1.54) is 12.1 Å². The van der Waals surface area contributed by atoms with E-state index in [1.54, 1.807) is 14.2 Å². The van der Waals surface area contributed by atoms with Gasteiger partial charge in [0.2, 0.25) is 0 Å². The highest BCUT2D eigenvalue weighted by Crippen LogP contribution is 2.34. The molecule has 0 spiro atoms. The maximum atomic E-state index is 13.5. The van der Waals surface area contributed by atoms with Crippen molar-refractivity contribution in [2.24, 2.45) is 4.99 Å². The lowest BCUT2D eigenvalue weighted by atomic mass is 9.74. The second-order valence-electron chi connectivity index (χ2n) is 7.63. The zero-order valence-electron chi connectivity index (χ0n) is 18.9. The Bertz CT molecular complexity index is 871. The van der Waals surface area contributed by atoms with Gasteiger partial charge in [0.1, 0.15) is 17.3 Å². The Kier molecular flexibility index (Phi) is 10.5. The minimum atomic E-state index is -0.220. The Labute approximate surface area is 207 Å². The van der Waals surface area contributed by atoms with Gasteiger partial charge in [0, 0.05) is 43.3 Å². The van der Waals surface area contributed by atoms with Crippen molar-refractivity contribution in [3.63, 3.8) is 0 Å². The van der Waals surface area contributed by atoms with Gasteiger partial charge in [-0.1, -0.05) is 12.1 Å². The summed E-state index contributed by atoms with van der Waals surface area (Å²) in [6.45, 7) is 5.32. The first-order valence-corrected chi connectivity index (χ1v) is 10.7. The van der Waals surface area contributed by atoms with E-state index in [0.717, 1.165) is 48.0 Å². The smallest absolute Gasteiger partial charge is 0.191 e. The molecule has 0 saturated carbocycles.